The van der Waals surface area contributed by atoms with E-state index in [2.05, 4.69) is 45.0 Å². The predicted molar refractivity (Wildman–Crippen MR) is 80.7 cm³/mol. The van der Waals surface area contributed by atoms with Gasteiger partial charge in [0.1, 0.15) is 6.04 Å². The van der Waals surface area contributed by atoms with Gasteiger partial charge in [0.15, 0.2) is 17.3 Å². The summed E-state index contributed by atoms with van der Waals surface area (Å²) < 4.78 is 0. The van der Waals surface area contributed by atoms with Crippen molar-refractivity contribution in [2.75, 3.05) is 0 Å². The minimum absolute atomic E-state index is 0.111. The van der Waals surface area contributed by atoms with Crippen molar-refractivity contribution in [1.29, 1.82) is 0 Å². The molecule has 0 aliphatic heterocycles. The number of hydrogen-bond acceptors (Lipinski definition) is 9. The van der Waals surface area contributed by atoms with E-state index >= 15 is 0 Å². The molecule has 7 N–H and O–H groups in total. The van der Waals surface area contributed by atoms with Crippen LogP contribution in [0, 0.1) is 0 Å². The number of nitrogens with two attached hydrogens (primary N) is 1. The fourth-order valence-corrected chi connectivity index (χ4v) is 1.42. The normalized spacial score (nSPS) is 13.7. The minimum atomic E-state index is -1.44. The molecule has 3 atom stereocenters. The van der Waals surface area contributed by atoms with Crippen molar-refractivity contribution in [3.05, 3.63) is 37.0 Å². The number of hydrogen-bond donors (Lipinski definition) is 6. The SMILES string of the molecule is C=C(OO)C(C)NC(=O)CC(NC(=O)C(N)C(=C)OO)C(=C)OO. The quantitative estimate of drug-likeness (QED) is 0.167. The highest BCUT2D eigenvalue weighted by molar-refractivity contribution is 5.85. The average Bonchev–Trinajstić information content (AvgIpc) is 2.57. The van der Waals surface area contributed by atoms with Gasteiger partial charge < -0.3 is 31.0 Å². The van der Waals surface area contributed by atoms with Gasteiger partial charge in [-0.15, -0.1) is 0 Å². The van der Waals surface area contributed by atoms with Gasteiger partial charge in [-0.05, 0) is 6.92 Å². The molecule has 24 heavy (non-hydrogen) atoms. The first-order chi connectivity index (χ1) is 11.2. The summed E-state index contributed by atoms with van der Waals surface area (Å²) in [4.78, 5) is 35.4. The molecule has 2 amide bonds. The van der Waals surface area contributed by atoms with Crippen LogP contribution in [0.5, 0.6) is 0 Å². The summed E-state index contributed by atoms with van der Waals surface area (Å²) >= 11 is 0. The molecule has 0 spiro atoms. The van der Waals surface area contributed by atoms with E-state index in [9.17, 15) is 9.59 Å². The van der Waals surface area contributed by atoms with Crippen LogP contribution in [0.15, 0.2) is 37.0 Å². The Morgan fingerprint density at radius 2 is 1.50 bits per heavy atom. The third-order valence-electron chi connectivity index (χ3n) is 2.94. The summed E-state index contributed by atoms with van der Waals surface area (Å²) in [6, 6.07) is -3.32. The van der Waals surface area contributed by atoms with Crippen LogP contribution in [0.25, 0.3) is 0 Å². The van der Waals surface area contributed by atoms with E-state index in [0.29, 0.717) is 0 Å². The highest BCUT2D eigenvalue weighted by atomic mass is 17.1. The molecule has 0 aromatic rings. The molecule has 0 aromatic carbocycles. The van der Waals surface area contributed by atoms with E-state index in [1.165, 1.54) is 6.92 Å². The van der Waals surface area contributed by atoms with E-state index in [4.69, 9.17) is 21.5 Å². The molecule has 0 rings (SSSR count). The molecule has 136 valence electrons. The van der Waals surface area contributed by atoms with Crippen molar-refractivity contribution in [2.45, 2.75) is 31.5 Å². The maximum Gasteiger partial charge on any atom is 0.245 e. The van der Waals surface area contributed by atoms with Crippen LogP contribution in [0.1, 0.15) is 13.3 Å². The third kappa shape index (κ3) is 6.66. The third-order valence-corrected chi connectivity index (χ3v) is 2.94. The van der Waals surface area contributed by atoms with Gasteiger partial charge in [-0.25, -0.2) is 15.8 Å². The van der Waals surface area contributed by atoms with Crippen molar-refractivity contribution in [1.82, 2.24) is 10.6 Å². The second-order valence-corrected chi connectivity index (χ2v) is 4.70. The molecule has 3 unspecified atom stereocenters. The number of carbonyl (C=O) groups excluding carboxylic acids is 2. The van der Waals surface area contributed by atoms with Crippen molar-refractivity contribution < 1.29 is 40.0 Å². The van der Waals surface area contributed by atoms with Crippen molar-refractivity contribution in [2.24, 2.45) is 5.73 Å². The largest absolute Gasteiger partial charge is 0.346 e. The second-order valence-electron chi connectivity index (χ2n) is 4.70. The summed E-state index contributed by atoms with van der Waals surface area (Å²) in [5.41, 5.74) is 5.44. The van der Waals surface area contributed by atoms with Crippen LogP contribution in [0.2, 0.25) is 0 Å². The van der Waals surface area contributed by atoms with Crippen molar-refractivity contribution in [3.63, 3.8) is 0 Å². The Hall–Kier alpha value is -2.60. The number of nitrogens with one attached hydrogen (secondary N) is 2. The predicted octanol–water partition coefficient (Wildman–Crippen LogP) is -0.297. The first kappa shape index (κ1) is 21.4. The first-order valence-corrected chi connectivity index (χ1v) is 6.53. The average molecular weight is 347 g/mol. The van der Waals surface area contributed by atoms with Gasteiger partial charge in [-0.2, -0.15) is 0 Å². The first-order valence-electron chi connectivity index (χ1n) is 6.53. The summed E-state index contributed by atoms with van der Waals surface area (Å²) in [6.07, 6.45) is -0.395. The molecule has 0 radical (unpaired) electrons. The molecule has 11 nitrogen and oxygen atoms in total. The van der Waals surface area contributed by atoms with E-state index in [1.807, 2.05) is 0 Å². The zero-order valence-corrected chi connectivity index (χ0v) is 13.0. The van der Waals surface area contributed by atoms with Gasteiger partial charge in [0.2, 0.25) is 11.8 Å². The van der Waals surface area contributed by atoms with Crippen LogP contribution >= 0.6 is 0 Å². The lowest BCUT2D eigenvalue weighted by Crippen LogP contribution is -2.49. The van der Waals surface area contributed by atoms with Crippen LogP contribution in [-0.4, -0.2) is 45.7 Å². The molecule has 11 heteroatoms. The summed E-state index contributed by atoms with van der Waals surface area (Å²) in [7, 11) is 0. The molecule has 0 aliphatic carbocycles. The minimum Gasteiger partial charge on any atom is -0.346 e. The zero-order chi connectivity index (χ0) is 18.9. The lowest BCUT2D eigenvalue weighted by Gasteiger charge is -2.21. The van der Waals surface area contributed by atoms with E-state index in [1.54, 1.807) is 0 Å². The van der Waals surface area contributed by atoms with Crippen LogP contribution in [0.3, 0.4) is 0 Å². The number of carbonyl (C=O) groups is 2. The molecule has 0 heterocycles. The smallest absolute Gasteiger partial charge is 0.245 e. The topological polar surface area (TPSA) is 173 Å². The zero-order valence-electron chi connectivity index (χ0n) is 13.0. The van der Waals surface area contributed by atoms with E-state index in [0.717, 1.165) is 0 Å². The molecule has 0 saturated carbocycles. The Labute approximate surface area is 137 Å². The lowest BCUT2D eigenvalue weighted by atomic mass is 10.1. The fourth-order valence-electron chi connectivity index (χ4n) is 1.42. The van der Waals surface area contributed by atoms with Gasteiger partial charge in [-0.3, -0.25) is 9.59 Å². The maximum atomic E-state index is 11.9. The van der Waals surface area contributed by atoms with Crippen LogP contribution in [-0.2, 0) is 24.3 Å². The van der Waals surface area contributed by atoms with Crippen molar-refractivity contribution >= 4 is 11.8 Å². The summed E-state index contributed by atoms with van der Waals surface area (Å²) in [5, 5.41) is 30.2. The van der Waals surface area contributed by atoms with E-state index < -0.39 is 42.1 Å². The molecule has 0 aromatic heterocycles. The number of amides is 2. The highest BCUT2D eigenvalue weighted by Crippen LogP contribution is 2.08. The fraction of sp³-hybridized carbons (Fsp3) is 0.385. The van der Waals surface area contributed by atoms with Crippen molar-refractivity contribution in [3.8, 4) is 0 Å². The Morgan fingerprint density at radius 3 is 1.96 bits per heavy atom. The van der Waals surface area contributed by atoms with Gasteiger partial charge in [0.05, 0.1) is 18.5 Å². The molecule has 0 saturated heterocycles. The molecular weight excluding hydrogens is 326 g/mol. The number of rotatable bonds is 11. The van der Waals surface area contributed by atoms with Crippen LogP contribution in [0.4, 0.5) is 0 Å². The Kier molecular flexibility index (Phi) is 9.12. The Morgan fingerprint density at radius 1 is 1.00 bits per heavy atom. The Balaban J connectivity index is 4.88. The second kappa shape index (κ2) is 10.2. The lowest BCUT2D eigenvalue weighted by molar-refractivity contribution is -0.210. The monoisotopic (exact) mass is 347 g/mol. The van der Waals surface area contributed by atoms with Crippen LogP contribution < -0.4 is 16.4 Å². The van der Waals surface area contributed by atoms with Gasteiger partial charge in [0.25, 0.3) is 0 Å². The Bertz CT molecular complexity index is 507. The highest BCUT2D eigenvalue weighted by Gasteiger charge is 2.27. The van der Waals surface area contributed by atoms with Gasteiger partial charge >= 0.3 is 0 Å². The maximum absolute atomic E-state index is 11.9. The van der Waals surface area contributed by atoms with E-state index in [-0.39, 0.29) is 11.5 Å². The molecule has 0 bridgehead atoms. The molecule has 0 aliphatic rings. The molecule has 0 fully saturated rings. The molecular formula is C13H21N3O8. The summed E-state index contributed by atoms with van der Waals surface area (Å²) in [5.74, 6) is -2.38. The summed E-state index contributed by atoms with van der Waals surface area (Å²) in [6.45, 7) is 11.4. The standard InChI is InChI=1S/C13H21N3O8/c1-6(7(2)22-19)15-11(17)5-10(8(3)23-20)16-13(18)12(14)9(4)24-21/h6,10,12,19-21H,2-5,14H2,1H3,(H,15,17)(H,16,18). The van der Waals surface area contributed by atoms with Gasteiger partial charge in [0, 0.05) is 0 Å². The van der Waals surface area contributed by atoms with Gasteiger partial charge in [-0.1, -0.05) is 19.7 Å².